The Kier molecular flexibility index (Phi) is 14.7. The first kappa shape index (κ1) is 39.1. The third-order valence-electron chi connectivity index (χ3n) is 5.97. The molecule has 0 amide bonds. The van der Waals surface area contributed by atoms with Crippen molar-refractivity contribution in [3.63, 3.8) is 0 Å². The molecule has 4 heterocycles. The Hall–Kier alpha value is -3.91. The molecule has 254 valence electrons. The number of alkyl halides is 9. The molecule has 4 rings (SSSR count). The van der Waals surface area contributed by atoms with Gasteiger partial charge in [0.1, 0.15) is 5.76 Å². The number of hydrogen-bond donors (Lipinski definition) is 3. The molecule has 11 nitrogen and oxygen atoms in total. The van der Waals surface area contributed by atoms with Crippen molar-refractivity contribution in [2.75, 3.05) is 20.2 Å². The largest absolute Gasteiger partial charge is 0.490 e. The molecule has 3 atom stereocenters. The first-order chi connectivity index (χ1) is 20.6. The van der Waals surface area contributed by atoms with Crippen molar-refractivity contribution in [3.05, 3.63) is 54.2 Å². The zero-order chi connectivity index (χ0) is 34.6. The van der Waals surface area contributed by atoms with Gasteiger partial charge in [0.15, 0.2) is 0 Å². The number of nitrogens with zero attached hydrogens (tertiary/aromatic N) is 3. The molecule has 2 fully saturated rings. The summed E-state index contributed by atoms with van der Waals surface area (Å²) >= 11 is 0. The molecular formula is C25H28F9N3O8. The van der Waals surface area contributed by atoms with Gasteiger partial charge in [-0.3, -0.25) is 14.8 Å². The van der Waals surface area contributed by atoms with Crippen LogP contribution in [0.25, 0.3) is 0 Å². The van der Waals surface area contributed by atoms with Gasteiger partial charge < -0.3 is 24.5 Å². The molecule has 2 aliphatic rings. The number of carboxylic acid groups (broad SMARTS) is 3. The van der Waals surface area contributed by atoms with Gasteiger partial charge in [0.25, 0.3) is 0 Å². The number of rotatable bonds is 5. The summed E-state index contributed by atoms with van der Waals surface area (Å²) in [6.45, 7) is 3.62. The smallest absolute Gasteiger partial charge is 0.475 e. The molecule has 20 heteroatoms. The van der Waals surface area contributed by atoms with E-state index in [1.54, 1.807) is 6.26 Å². The summed E-state index contributed by atoms with van der Waals surface area (Å²) in [7, 11) is 2.17. The predicted octanol–water partition coefficient (Wildman–Crippen LogP) is 4.44. The van der Waals surface area contributed by atoms with E-state index in [-0.39, 0.29) is 6.10 Å². The highest BCUT2D eigenvalue weighted by atomic mass is 19.4. The molecule has 0 radical (unpaired) electrons. The highest BCUT2D eigenvalue weighted by molar-refractivity contribution is 5.73. The van der Waals surface area contributed by atoms with Crippen LogP contribution in [-0.2, 0) is 32.2 Å². The maximum Gasteiger partial charge on any atom is 0.490 e. The van der Waals surface area contributed by atoms with Gasteiger partial charge in [0.2, 0.25) is 0 Å². The molecular weight excluding hydrogens is 641 g/mol. The second-order valence-corrected chi connectivity index (χ2v) is 9.27. The van der Waals surface area contributed by atoms with E-state index in [1.807, 2.05) is 24.4 Å². The minimum absolute atomic E-state index is 0.280. The number of ether oxygens (including phenoxy) is 1. The van der Waals surface area contributed by atoms with Gasteiger partial charge in [-0.25, -0.2) is 14.4 Å². The minimum Gasteiger partial charge on any atom is -0.475 e. The topological polar surface area (TPSA) is 154 Å². The summed E-state index contributed by atoms with van der Waals surface area (Å²) in [5, 5.41) is 21.4. The first-order valence-corrected chi connectivity index (χ1v) is 12.5. The average molecular weight is 669 g/mol. The van der Waals surface area contributed by atoms with Crippen molar-refractivity contribution < 1.29 is 78.4 Å². The second kappa shape index (κ2) is 17.0. The summed E-state index contributed by atoms with van der Waals surface area (Å²) in [5.41, 5.74) is 1.14. The van der Waals surface area contributed by atoms with E-state index in [0.717, 1.165) is 44.1 Å². The fourth-order valence-electron chi connectivity index (χ4n) is 4.06. The van der Waals surface area contributed by atoms with Crippen LogP contribution in [0, 0.1) is 0 Å². The van der Waals surface area contributed by atoms with Crippen molar-refractivity contribution in [3.8, 4) is 0 Å². The summed E-state index contributed by atoms with van der Waals surface area (Å²) in [6, 6.07) is 11.0. The molecule has 2 saturated heterocycles. The molecule has 0 spiro atoms. The van der Waals surface area contributed by atoms with Crippen LogP contribution in [0.1, 0.15) is 24.3 Å². The number of carboxylic acids is 3. The van der Waals surface area contributed by atoms with Crippen molar-refractivity contribution in [2.45, 2.75) is 62.6 Å². The van der Waals surface area contributed by atoms with E-state index in [0.29, 0.717) is 12.1 Å². The van der Waals surface area contributed by atoms with Gasteiger partial charge in [0.05, 0.1) is 30.6 Å². The summed E-state index contributed by atoms with van der Waals surface area (Å²) < 4.78 is 107. The van der Waals surface area contributed by atoms with Gasteiger partial charge >= 0.3 is 36.4 Å². The van der Waals surface area contributed by atoms with Gasteiger partial charge in [0, 0.05) is 31.9 Å². The number of halogens is 9. The quantitative estimate of drug-likeness (QED) is 0.388. The molecule has 0 bridgehead atoms. The lowest BCUT2D eigenvalue weighted by molar-refractivity contribution is -0.193. The number of likely N-dealkylation sites (N-methyl/N-ethyl adjacent to an activating group) is 1. The Morgan fingerprint density at radius 2 is 1.44 bits per heavy atom. The van der Waals surface area contributed by atoms with Gasteiger partial charge in [-0.2, -0.15) is 39.5 Å². The average Bonchev–Trinajstić information content (AvgIpc) is 3.57. The number of hydrogen-bond acceptors (Lipinski definition) is 8. The lowest BCUT2D eigenvalue weighted by Crippen LogP contribution is -2.46. The number of fused-ring (bicyclic) bond motifs is 1. The molecule has 3 N–H and O–H groups in total. The summed E-state index contributed by atoms with van der Waals surface area (Å²) in [5.74, 6) is -7.26. The number of aromatic nitrogens is 1. The Bertz CT molecular complexity index is 1140. The highest BCUT2D eigenvalue weighted by Gasteiger charge is 2.45. The molecule has 45 heavy (non-hydrogen) atoms. The van der Waals surface area contributed by atoms with Crippen LogP contribution in [0.2, 0.25) is 0 Å². The summed E-state index contributed by atoms with van der Waals surface area (Å²) in [4.78, 5) is 36.1. The van der Waals surface area contributed by atoms with E-state index >= 15 is 0 Å². The van der Waals surface area contributed by atoms with E-state index in [1.165, 1.54) is 6.42 Å². The molecule has 0 aliphatic carbocycles. The maximum absolute atomic E-state index is 10.6. The maximum atomic E-state index is 10.6. The Balaban J connectivity index is 0.000000396. The lowest BCUT2D eigenvalue weighted by atomic mass is 10.00. The van der Waals surface area contributed by atoms with E-state index < -0.39 is 36.4 Å². The van der Waals surface area contributed by atoms with Crippen LogP contribution in [0.4, 0.5) is 39.5 Å². The van der Waals surface area contributed by atoms with Crippen LogP contribution < -0.4 is 0 Å². The van der Waals surface area contributed by atoms with Crippen LogP contribution in [0.3, 0.4) is 0 Å². The molecule has 2 aromatic rings. The van der Waals surface area contributed by atoms with Crippen molar-refractivity contribution >= 4 is 17.9 Å². The predicted molar refractivity (Wildman–Crippen MR) is 132 cm³/mol. The number of pyridine rings is 1. The Morgan fingerprint density at radius 1 is 0.911 bits per heavy atom. The van der Waals surface area contributed by atoms with E-state index in [2.05, 4.69) is 34.0 Å². The zero-order valence-corrected chi connectivity index (χ0v) is 23.1. The lowest BCUT2D eigenvalue weighted by Gasteiger charge is -2.34. The fourth-order valence-corrected chi connectivity index (χ4v) is 4.06. The summed E-state index contributed by atoms with van der Waals surface area (Å²) in [6.07, 6.45) is -8.99. The Morgan fingerprint density at radius 3 is 1.87 bits per heavy atom. The van der Waals surface area contributed by atoms with Crippen LogP contribution in [0.5, 0.6) is 0 Å². The van der Waals surface area contributed by atoms with Gasteiger partial charge in [-0.1, -0.05) is 6.07 Å². The minimum atomic E-state index is -5.08. The number of furan rings is 1. The number of likely N-dealkylation sites (tertiary alicyclic amines) is 1. The van der Waals surface area contributed by atoms with E-state index in [9.17, 15) is 39.5 Å². The molecule has 0 unspecified atom stereocenters. The van der Waals surface area contributed by atoms with Crippen LogP contribution >= 0.6 is 0 Å². The fraction of sp³-hybridized carbons (Fsp3) is 0.520. The van der Waals surface area contributed by atoms with Crippen molar-refractivity contribution in [1.29, 1.82) is 0 Å². The van der Waals surface area contributed by atoms with Gasteiger partial charge in [-0.15, -0.1) is 0 Å². The highest BCUT2D eigenvalue weighted by Crippen LogP contribution is 2.32. The standard InChI is InChI=1S/C19H25N3O2.3C2HF3O2/c1-21(13-16-7-4-10-23-16)18-14-22(12-15-6-2-3-9-20-15)17-8-5-11-24-19(17)18;3*3-2(4,5)1(6)7/h2-4,6-7,9-10,17-19H,5,8,11-14H2,1H3;3*(H,6,7)/t17-,18-,19+;;;/m1.../s1. The molecule has 2 aromatic heterocycles. The monoisotopic (exact) mass is 669 g/mol. The first-order valence-electron chi connectivity index (χ1n) is 12.5. The normalized spacial score (nSPS) is 19.9. The number of carbonyl (C=O) groups is 3. The van der Waals surface area contributed by atoms with E-state index in [4.69, 9.17) is 38.9 Å². The third-order valence-corrected chi connectivity index (χ3v) is 5.97. The van der Waals surface area contributed by atoms with Gasteiger partial charge in [-0.05, 0) is 44.2 Å². The van der Waals surface area contributed by atoms with Crippen LogP contribution in [-0.4, -0.2) is 105 Å². The zero-order valence-electron chi connectivity index (χ0n) is 23.1. The molecule has 0 saturated carbocycles. The number of aliphatic carboxylic acids is 3. The van der Waals surface area contributed by atoms with Crippen molar-refractivity contribution in [2.24, 2.45) is 0 Å². The SMILES string of the molecule is CN(Cc1ccco1)[C@@H]1CN(Cc2ccccn2)[C@@H]2CCCO[C@H]12.O=C(O)C(F)(F)F.O=C(O)C(F)(F)F.O=C(O)C(F)(F)F. The van der Waals surface area contributed by atoms with Crippen molar-refractivity contribution in [1.82, 2.24) is 14.8 Å². The second-order valence-electron chi connectivity index (χ2n) is 9.27. The third kappa shape index (κ3) is 14.2. The molecule has 0 aromatic carbocycles. The molecule has 2 aliphatic heterocycles. The van der Waals surface area contributed by atoms with Crippen LogP contribution in [0.15, 0.2) is 47.2 Å². The Labute approximate surface area is 248 Å².